The predicted octanol–water partition coefficient (Wildman–Crippen LogP) is 1.68. The Morgan fingerprint density at radius 1 is 1.21 bits per heavy atom. The fraction of sp³-hybridized carbons (Fsp3) is 0.571. The summed E-state index contributed by atoms with van der Waals surface area (Å²) in [5.74, 6) is 1.10. The maximum atomic E-state index is 4.57. The molecule has 2 aromatic heterocycles. The van der Waals surface area contributed by atoms with E-state index in [9.17, 15) is 0 Å². The molecule has 2 N–H and O–H groups in total. The Morgan fingerprint density at radius 3 is 3.21 bits per heavy atom. The molecule has 5 heteroatoms. The molecule has 4 heterocycles. The van der Waals surface area contributed by atoms with E-state index in [0.29, 0.717) is 12.1 Å². The largest absolute Gasteiger partial charge is 0.351 e. The van der Waals surface area contributed by atoms with Crippen molar-refractivity contribution in [3.8, 4) is 0 Å². The third-order valence-electron chi connectivity index (χ3n) is 4.48. The van der Waals surface area contributed by atoms with Gasteiger partial charge in [0, 0.05) is 24.8 Å². The van der Waals surface area contributed by atoms with Gasteiger partial charge in [-0.15, -0.1) is 0 Å². The van der Waals surface area contributed by atoms with Crippen LogP contribution >= 0.6 is 0 Å². The van der Waals surface area contributed by atoms with Crippen molar-refractivity contribution < 1.29 is 0 Å². The fourth-order valence-electron chi connectivity index (χ4n) is 3.58. The number of aromatic nitrogens is 3. The fourth-order valence-corrected chi connectivity index (χ4v) is 3.58. The van der Waals surface area contributed by atoms with Crippen LogP contribution in [-0.2, 0) is 0 Å². The molecule has 2 aromatic rings. The molecule has 0 saturated carbocycles. The first-order chi connectivity index (χ1) is 9.43. The van der Waals surface area contributed by atoms with Crippen LogP contribution < -0.4 is 10.2 Å². The zero-order chi connectivity index (χ0) is 12.7. The normalized spacial score (nSPS) is 27.5. The smallest absolute Gasteiger partial charge is 0.142 e. The van der Waals surface area contributed by atoms with Gasteiger partial charge in [0.2, 0.25) is 0 Å². The van der Waals surface area contributed by atoms with Gasteiger partial charge >= 0.3 is 0 Å². The van der Waals surface area contributed by atoms with E-state index < -0.39 is 0 Å². The minimum absolute atomic E-state index is 0.593. The number of nitrogens with one attached hydrogen (secondary N) is 2. The van der Waals surface area contributed by atoms with Gasteiger partial charge in [0.25, 0.3) is 0 Å². The van der Waals surface area contributed by atoms with Gasteiger partial charge in [-0.3, -0.25) is 0 Å². The summed E-state index contributed by atoms with van der Waals surface area (Å²) in [6.07, 6.45) is 8.71. The first kappa shape index (κ1) is 11.2. The third kappa shape index (κ3) is 1.80. The van der Waals surface area contributed by atoms with Gasteiger partial charge in [0.15, 0.2) is 0 Å². The minimum Gasteiger partial charge on any atom is -0.351 e. The molecule has 0 aliphatic carbocycles. The summed E-state index contributed by atoms with van der Waals surface area (Å²) >= 11 is 0. The van der Waals surface area contributed by atoms with E-state index in [4.69, 9.17) is 0 Å². The van der Waals surface area contributed by atoms with E-state index in [1.807, 2.05) is 6.20 Å². The third-order valence-corrected chi connectivity index (χ3v) is 4.48. The second-order valence-electron chi connectivity index (χ2n) is 5.54. The second kappa shape index (κ2) is 4.49. The van der Waals surface area contributed by atoms with Gasteiger partial charge in [-0.1, -0.05) is 6.42 Å². The van der Waals surface area contributed by atoms with Gasteiger partial charge in [0.05, 0.1) is 5.39 Å². The molecule has 2 unspecified atom stereocenters. The molecule has 0 aromatic carbocycles. The van der Waals surface area contributed by atoms with Crippen LogP contribution in [0.1, 0.15) is 25.7 Å². The van der Waals surface area contributed by atoms with Crippen LogP contribution in [0.3, 0.4) is 0 Å². The number of hydrogen-bond acceptors (Lipinski definition) is 4. The molecule has 19 heavy (non-hydrogen) atoms. The topological polar surface area (TPSA) is 56.8 Å². The predicted molar refractivity (Wildman–Crippen MR) is 75.3 cm³/mol. The number of H-pyrrole nitrogens is 1. The Bertz CT molecular complexity index is 578. The molecule has 0 bridgehead atoms. The van der Waals surface area contributed by atoms with Crippen LogP contribution in [0, 0.1) is 0 Å². The minimum atomic E-state index is 0.593. The van der Waals surface area contributed by atoms with Crippen LogP contribution in [0.2, 0.25) is 0 Å². The van der Waals surface area contributed by atoms with Crippen molar-refractivity contribution in [1.82, 2.24) is 20.3 Å². The van der Waals surface area contributed by atoms with Crippen molar-refractivity contribution in [1.29, 1.82) is 0 Å². The Morgan fingerprint density at radius 2 is 2.21 bits per heavy atom. The van der Waals surface area contributed by atoms with Crippen molar-refractivity contribution in [2.75, 3.05) is 18.0 Å². The average molecular weight is 257 g/mol. The van der Waals surface area contributed by atoms with E-state index >= 15 is 0 Å². The number of aromatic amines is 1. The van der Waals surface area contributed by atoms with Crippen LogP contribution in [0.5, 0.6) is 0 Å². The van der Waals surface area contributed by atoms with E-state index in [0.717, 1.165) is 29.9 Å². The quantitative estimate of drug-likeness (QED) is 0.816. The summed E-state index contributed by atoms with van der Waals surface area (Å²) in [5, 5.41) is 4.80. The lowest BCUT2D eigenvalue weighted by Crippen LogP contribution is -2.43. The first-order valence-corrected chi connectivity index (χ1v) is 7.21. The summed E-state index contributed by atoms with van der Waals surface area (Å²) in [6, 6.07) is 3.31. The molecule has 2 atom stereocenters. The molecular formula is C14H19N5. The lowest BCUT2D eigenvalue weighted by atomic mass is 10.0. The van der Waals surface area contributed by atoms with Gasteiger partial charge in [0.1, 0.15) is 17.8 Å². The van der Waals surface area contributed by atoms with Crippen LogP contribution in [0.25, 0.3) is 11.0 Å². The SMILES string of the molecule is c1nc(N2CCCCC3NCCC32)c2cc[nH]c2n1. The van der Waals surface area contributed by atoms with E-state index in [2.05, 4.69) is 31.2 Å². The maximum Gasteiger partial charge on any atom is 0.142 e. The van der Waals surface area contributed by atoms with Gasteiger partial charge in [-0.2, -0.15) is 0 Å². The van der Waals surface area contributed by atoms with Crippen molar-refractivity contribution in [3.05, 3.63) is 18.6 Å². The lowest BCUT2D eigenvalue weighted by Gasteiger charge is -2.31. The summed E-state index contributed by atoms with van der Waals surface area (Å²) in [6.45, 7) is 2.24. The van der Waals surface area contributed by atoms with Crippen LogP contribution in [-0.4, -0.2) is 40.1 Å². The Labute approximate surface area is 112 Å². The van der Waals surface area contributed by atoms with Crippen LogP contribution in [0.4, 0.5) is 5.82 Å². The molecule has 0 radical (unpaired) electrons. The Hall–Kier alpha value is -1.62. The number of rotatable bonds is 1. The second-order valence-corrected chi connectivity index (χ2v) is 5.54. The Kier molecular flexibility index (Phi) is 2.65. The molecule has 2 aliphatic heterocycles. The molecule has 0 amide bonds. The zero-order valence-electron chi connectivity index (χ0n) is 11.0. The van der Waals surface area contributed by atoms with Crippen molar-refractivity contribution >= 4 is 16.9 Å². The van der Waals surface area contributed by atoms with Gasteiger partial charge < -0.3 is 15.2 Å². The molecular weight excluding hydrogens is 238 g/mol. The highest BCUT2D eigenvalue weighted by Crippen LogP contribution is 2.31. The van der Waals surface area contributed by atoms with Gasteiger partial charge in [-0.25, -0.2) is 9.97 Å². The highest BCUT2D eigenvalue weighted by atomic mass is 15.3. The van der Waals surface area contributed by atoms with Gasteiger partial charge in [-0.05, 0) is 31.9 Å². The van der Waals surface area contributed by atoms with Crippen LogP contribution in [0.15, 0.2) is 18.6 Å². The number of hydrogen-bond donors (Lipinski definition) is 2. The number of fused-ring (bicyclic) bond motifs is 2. The Balaban J connectivity index is 1.78. The molecule has 0 spiro atoms. The molecule has 5 nitrogen and oxygen atoms in total. The summed E-state index contributed by atoms with van der Waals surface area (Å²) < 4.78 is 0. The summed E-state index contributed by atoms with van der Waals surface area (Å²) in [4.78, 5) is 14.6. The van der Waals surface area contributed by atoms with Crippen molar-refractivity contribution in [2.45, 2.75) is 37.8 Å². The first-order valence-electron chi connectivity index (χ1n) is 7.21. The molecule has 100 valence electrons. The zero-order valence-corrected chi connectivity index (χ0v) is 11.0. The highest BCUT2D eigenvalue weighted by molar-refractivity contribution is 5.87. The van der Waals surface area contributed by atoms with Crippen molar-refractivity contribution in [3.63, 3.8) is 0 Å². The maximum absolute atomic E-state index is 4.57. The van der Waals surface area contributed by atoms with Crippen molar-refractivity contribution in [2.24, 2.45) is 0 Å². The number of anilines is 1. The standard InChI is InChI=1S/C14H19N5/c1-2-8-19(12-5-7-15-11(12)3-1)14-10-4-6-16-13(10)17-9-18-14/h4,6,9,11-12,15H,1-3,5,7-8H2,(H,16,17,18). The molecule has 2 saturated heterocycles. The van der Waals surface area contributed by atoms with E-state index in [1.165, 1.54) is 25.7 Å². The molecule has 2 aliphatic rings. The molecule has 4 rings (SSSR count). The number of nitrogens with zero attached hydrogens (tertiary/aromatic N) is 3. The molecule has 2 fully saturated rings. The summed E-state index contributed by atoms with van der Waals surface area (Å²) in [5.41, 5.74) is 0.941. The average Bonchev–Trinajstić information content (AvgIpc) is 3.04. The van der Waals surface area contributed by atoms with E-state index in [1.54, 1.807) is 6.33 Å². The lowest BCUT2D eigenvalue weighted by molar-refractivity contribution is 0.504. The monoisotopic (exact) mass is 257 g/mol. The highest BCUT2D eigenvalue weighted by Gasteiger charge is 2.34. The van der Waals surface area contributed by atoms with E-state index in [-0.39, 0.29) is 0 Å². The summed E-state index contributed by atoms with van der Waals surface area (Å²) in [7, 11) is 0.